The third-order valence-electron chi connectivity index (χ3n) is 4.44. The summed E-state index contributed by atoms with van der Waals surface area (Å²) in [6, 6.07) is 8.00. The van der Waals surface area contributed by atoms with Crippen LogP contribution in [0.1, 0.15) is 28.5 Å². The number of para-hydroxylation sites is 1. The highest BCUT2D eigenvalue weighted by Gasteiger charge is 2.36. The molecule has 180 valence electrons. The van der Waals surface area contributed by atoms with Crippen LogP contribution in [-0.4, -0.2) is 30.8 Å². The molecule has 0 aliphatic heterocycles. The van der Waals surface area contributed by atoms with Crippen LogP contribution in [-0.2, 0) is 21.0 Å². The molecule has 1 aromatic heterocycles. The van der Waals surface area contributed by atoms with Gasteiger partial charge in [0.2, 0.25) is 5.69 Å². The van der Waals surface area contributed by atoms with Gasteiger partial charge in [-0.3, -0.25) is 4.79 Å². The normalized spacial score (nSPS) is 11.8. The van der Waals surface area contributed by atoms with Gasteiger partial charge in [-0.2, -0.15) is 31.4 Å². The van der Waals surface area contributed by atoms with E-state index in [4.69, 9.17) is 8.92 Å². The highest BCUT2D eigenvalue weighted by atomic mass is 32.2. The van der Waals surface area contributed by atoms with Crippen LogP contribution in [0.5, 0.6) is 5.75 Å². The fourth-order valence-corrected chi connectivity index (χ4v) is 3.82. The van der Waals surface area contributed by atoms with E-state index in [-0.39, 0.29) is 18.4 Å². The molecule has 0 aliphatic carbocycles. The van der Waals surface area contributed by atoms with Gasteiger partial charge < -0.3 is 8.92 Å². The summed E-state index contributed by atoms with van der Waals surface area (Å²) in [5.41, 5.74) is -2.58. The van der Waals surface area contributed by atoms with Crippen molar-refractivity contribution >= 4 is 16.1 Å². The Morgan fingerprint density at radius 2 is 1.79 bits per heavy atom. The number of aryl methyl sites for hydroxylation is 1. The molecule has 1 heterocycles. The van der Waals surface area contributed by atoms with E-state index in [0.29, 0.717) is 23.8 Å². The lowest BCUT2D eigenvalue weighted by Gasteiger charge is -2.14. The second-order valence-corrected chi connectivity index (χ2v) is 8.34. The van der Waals surface area contributed by atoms with Crippen molar-refractivity contribution < 1.29 is 39.7 Å². The first kappa shape index (κ1) is 24.9. The van der Waals surface area contributed by atoms with Crippen molar-refractivity contribution in [3.8, 4) is 11.4 Å². The lowest BCUT2D eigenvalue weighted by Crippen LogP contribution is -2.26. The average molecular weight is 500 g/mol. The molecule has 8 nitrogen and oxygen atoms in total. The number of hydrogen-bond acceptors (Lipinski definition) is 7. The van der Waals surface area contributed by atoms with Crippen LogP contribution in [0.2, 0.25) is 0 Å². The van der Waals surface area contributed by atoms with Crippen molar-refractivity contribution in [2.24, 2.45) is 0 Å². The predicted octanol–water partition coefficient (Wildman–Crippen LogP) is 3.64. The van der Waals surface area contributed by atoms with E-state index in [1.54, 1.807) is 25.1 Å². The van der Waals surface area contributed by atoms with Crippen molar-refractivity contribution in [3.63, 3.8) is 0 Å². The highest BCUT2D eigenvalue weighted by molar-refractivity contribution is 7.87. The maximum atomic E-state index is 13.6. The molecule has 13 heteroatoms. The summed E-state index contributed by atoms with van der Waals surface area (Å²) < 4.78 is 88.3. The van der Waals surface area contributed by atoms with E-state index in [1.165, 1.54) is 13.0 Å². The molecule has 0 saturated carbocycles. The molecule has 0 saturated heterocycles. The van der Waals surface area contributed by atoms with Gasteiger partial charge in [-0.05, 0) is 43.7 Å². The van der Waals surface area contributed by atoms with Crippen LogP contribution >= 0.6 is 0 Å². The summed E-state index contributed by atoms with van der Waals surface area (Å²) in [6.45, 7) is 2.99. The first-order valence-corrected chi connectivity index (χ1v) is 10.9. The number of esters is 1. The van der Waals surface area contributed by atoms with Crippen LogP contribution in [0.25, 0.3) is 5.69 Å². The molecule has 0 unspecified atom stereocenters. The number of carbonyl (C=O) groups excluding carboxylic acids is 1. The molecular formula is C21H16F4N2O6S. The number of nitrogens with zero attached hydrogens (tertiary/aromatic N) is 2. The molecule has 0 N–H and O–H groups in total. The lowest BCUT2D eigenvalue weighted by molar-refractivity contribution is -0.140. The molecule has 0 fully saturated rings. The van der Waals surface area contributed by atoms with Gasteiger partial charge in [-0.1, -0.05) is 18.2 Å². The molecule has 0 bridgehead atoms. The van der Waals surface area contributed by atoms with Gasteiger partial charge in [-0.25, -0.2) is 9.18 Å². The molecule has 2 aromatic carbocycles. The van der Waals surface area contributed by atoms with E-state index in [0.717, 1.165) is 4.68 Å². The SMILES string of the molecule is CCOC(=O)c1nn(-c2ccccc2C)c(=O)cc1OS(=O)(=O)c1ccc(F)c(C(F)(F)F)c1. The highest BCUT2D eigenvalue weighted by Crippen LogP contribution is 2.33. The lowest BCUT2D eigenvalue weighted by atomic mass is 10.2. The molecule has 0 spiro atoms. The number of benzene rings is 2. The number of alkyl halides is 3. The van der Waals surface area contributed by atoms with E-state index >= 15 is 0 Å². The van der Waals surface area contributed by atoms with Gasteiger partial charge in [0.1, 0.15) is 10.7 Å². The molecule has 34 heavy (non-hydrogen) atoms. The smallest absolute Gasteiger partial charge is 0.419 e. The number of ether oxygens (including phenoxy) is 1. The van der Waals surface area contributed by atoms with E-state index in [1.807, 2.05) is 0 Å². The maximum Gasteiger partial charge on any atom is 0.419 e. The fraction of sp³-hybridized carbons (Fsp3) is 0.190. The Hall–Kier alpha value is -3.74. The Morgan fingerprint density at radius 3 is 2.41 bits per heavy atom. The van der Waals surface area contributed by atoms with Crippen LogP contribution in [0, 0.1) is 12.7 Å². The maximum absolute atomic E-state index is 13.6. The van der Waals surface area contributed by atoms with Gasteiger partial charge in [0.05, 0.1) is 23.9 Å². The predicted molar refractivity (Wildman–Crippen MR) is 110 cm³/mol. The zero-order chi connectivity index (χ0) is 25.3. The quantitative estimate of drug-likeness (QED) is 0.289. The Kier molecular flexibility index (Phi) is 6.77. The van der Waals surface area contributed by atoms with E-state index in [2.05, 4.69) is 5.10 Å². The zero-order valence-corrected chi connectivity index (χ0v) is 18.4. The van der Waals surface area contributed by atoms with Crippen LogP contribution < -0.4 is 9.74 Å². The van der Waals surface area contributed by atoms with Gasteiger partial charge in [0, 0.05) is 0 Å². The van der Waals surface area contributed by atoms with Crippen LogP contribution in [0.3, 0.4) is 0 Å². The summed E-state index contributed by atoms with van der Waals surface area (Å²) in [4.78, 5) is 24.0. The standard InChI is InChI=1S/C21H16F4N2O6S/c1-3-32-20(29)19-17(11-18(28)27(26-19)16-7-5-4-6-12(16)2)33-34(30,31)13-8-9-15(22)14(10-13)21(23,24)25/h4-11H,3H2,1-2H3. The molecule has 3 aromatic rings. The fourth-order valence-electron chi connectivity index (χ4n) is 2.86. The number of hydrogen-bond donors (Lipinski definition) is 0. The van der Waals surface area contributed by atoms with Gasteiger partial charge in [-0.15, -0.1) is 0 Å². The van der Waals surface area contributed by atoms with Gasteiger partial charge in [0.15, 0.2) is 5.75 Å². The Bertz CT molecular complexity index is 1420. The molecule has 0 amide bonds. The molecule has 3 rings (SSSR count). The largest absolute Gasteiger partial charge is 0.461 e. The van der Waals surface area contributed by atoms with Crippen LogP contribution in [0.4, 0.5) is 17.6 Å². The summed E-state index contributed by atoms with van der Waals surface area (Å²) in [5.74, 6) is -3.71. The summed E-state index contributed by atoms with van der Waals surface area (Å²) in [5, 5.41) is 3.87. The summed E-state index contributed by atoms with van der Waals surface area (Å²) in [7, 11) is -5.05. The van der Waals surface area contributed by atoms with Crippen molar-refractivity contribution in [1.29, 1.82) is 0 Å². The second kappa shape index (κ2) is 9.25. The number of aromatic nitrogens is 2. The summed E-state index contributed by atoms with van der Waals surface area (Å²) in [6.07, 6.45) is -5.18. The van der Waals surface area contributed by atoms with Crippen molar-refractivity contribution in [2.75, 3.05) is 6.61 Å². The van der Waals surface area contributed by atoms with Gasteiger partial charge in [0.25, 0.3) is 5.56 Å². The summed E-state index contributed by atoms with van der Waals surface area (Å²) >= 11 is 0. The topological polar surface area (TPSA) is 105 Å². The Morgan fingerprint density at radius 1 is 1.12 bits per heavy atom. The monoisotopic (exact) mass is 500 g/mol. The van der Waals surface area contributed by atoms with Crippen LogP contribution in [0.15, 0.2) is 58.2 Å². The Labute approximate surface area is 190 Å². The van der Waals surface area contributed by atoms with Gasteiger partial charge >= 0.3 is 22.3 Å². The first-order chi connectivity index (χ1) is 15.8. The average Bonchev–Trinajstić information content (AvgIpc) is 2.74. The molecule has 0 atom stereocenters. The third-order valence-corrected chi connectivity index (χ3v) is 5.67. The van der Waals surface area contributed by atoms with Crippen molar-refractivity contribution in [2.45, 2.75) is 24.9 Å². The van der Waals surface area contributed by atoms with E-state index < -0.39 is 55.5 Å². The number of carbonyl (C=O) groups is 1. The Balaban J connectivity index is 2.14. The molecular weight excluding hydrogens is 484 g/mol. The first-order valence-electron chi connectivity index (χ1n) is 9.54. The number of halogens is 4. The zero-order valence-electron chi connectivity index (χ0n) is 17.6. The van der Waals surface area contributed by atoms with E-state index in [9.17, 15) is 35.6 Å². The molecule has 0 aliphatic rings. The molecule has 0 radical (unpaired) electrons. The minimum atomic E-state index is -5.18. The third kappa shape index (κ3) is 5.09. The minimum absolute atomic E-state index is 0.0384. The second-order valence-electron chi connectivity index (χ2n) is 6.79. The van der Waals surface area contributed by atoms with Crippen molar-refractivity contribution in [1.82, 2.24) is 9.78 Å². The minimum Gasteiger partial charge on any atom is -0.461 e. The van der Waals surface area contributed by atoms with Crippen molar-refractivity contribution in [3.05, 3.63) is 81.5 Å². The number of rotatable bonds is 6.